The average molecular weight is 390 g/mol. The lowest BCUT2D eigenvalue weighted by molar-refractivity contribution is -0.140. The number of rotatable bonds is 3. The highest BCUT2D eigenvalue weighted by Gasteiger charge is 2.14. The molecule has 0 fully saturated rings. The third-order valence-corrected chi connectivity index (χ3v) is 4.78. The minimum absolute atomic E-state index is 0.211. The fourth-order valence-electron chi connectivity index (χ4n) is 3.52. The van der Waals surface area contributed by atoms with E-state index in [1.54, 1.807) is 14.0 Å². The largest absolute Gasteiger partial charge is 0.497 e. The van der Waals surface area contributed by atoms with Crippen LogP contribution < -0.4 is 4.74 Å². The number of aromatic amines is 1. The molecule has 0 saturated carbocycles. The zero-order valence-corrected chi connectivity index (χ0v) is 17.5. The Kier molecular flexibility index (Phi) is 6.17. The first-order valence-electron chi connectivity index (χ1n) is 9.60. The summed E-state index contributed by atoms with van der Waals surface area (Å²) in [7, 11) is 1.70. The Balaban J connectivity index is 0.000000353. The third kappa shape index (κ3) is 4.24. The Morgan fingerprint density at radius 2 is 1.90 bits per heavy atom. The Morgan fingerprint density at radius 1 is 1.10 bits per heavy atom. The van der Waals surface area contributed by atoms with Crippen LogP contribution in [0.1, 0.15) is 25.1 Å². The zero-order valence-electron chi connectivity index (χ0n) is 17.5. The molecule has 4 aromatic rings. The van der Waals surface area contributed by atoms with E-state index in [0.717, 1.165) is 22.5 Å². The Hall–Kier alpha value is -3.34. The van der Waals surface area contributed by atoms with Gasteiger partial charge in [-0.25, -0.2) is 0 Å². The molecule has 2 aromatic carbocycles. The van der Waals surface area contributed by atoms with E-state index in [-0.39, 0.29) is 5.97 Å². The number of fused-ring (bicyclic) bond motifs is 2. The zero-order chi connectivity index (χ0) is 21.0. The summed E-state index contributed by atoms with van der Waals surface area (Å²) in [6.45, 7) is 7.87. The first-order chi connectivity index (χ1) is 14.0. The van der Waals surface area contributed by atoms with Gasteiger partial charge in [-0.2, -0.15) is 0 Å². The number of ether oxygens (including phenoxy) is 2. The van der Waals surface area contributed by atoms with E-state index < -0.39 is 0 Å². The summed E-state index contributed by atoms with van der Waals surface area (Å²) in [4.78, 5) is 17.9. The molecular weight excluding hydrogens is 364 g/mol. The molecule has 2 aromatic heterocycles. The maximum Gasteiger partial charge on any atom is 0.302 e. The van der Waals surface area contributed by atoms with Crippen molar-refractivity contribution in [3.05, 3.63) is 59.9 Å². The van der Waals surface area contributed by atoms with Gasteiger partial charge in [0.2, 0.25) is 0 Å². The highest BCUT2D eigenvalue weighted by molar-refractivity contribution is 6.06. The van der Waals surface area contributed by atoms with Crippen molar-refractivity contribution >= 4 is 27.8 Å². The van der Waals surface area contributed by atoms with Crippen molar-refractivity contribution in [1.29, 1.82) is 0 Å². The molecule has 0 saturated heterocycles. The Morgan fingerprint density at radius 3 is 2.55 bits per heavy atom. The van der Waals surface area contributed by atoms with Crippen LogP contribution in [-0.2, 0) is 9.53 Å². The first kappa shape index (κ1) is 20.4. The fourth-order valence-corrected chi connectivity index (χ4v) is 3.52. The van der Waals surface area contributed by atoms with Crippen LogP contribution in [0.4, 0.5) is 0 Å². The van der Waals surface area contributed by atoms with Crippen LogP contribution >= 0.6 is 0 Å². The summed E-state index contributed by atoms with van der Waals surface area (Å²) in [5, 5.41) is 2.36. The van der Waals surface area contributed by atoms with Crippen LogP contribution in [0, 0.1) is 13.8 Å². The number of aryl methyl sites for hydroxylation is 2. The van der Waals surface area contributed by atoms with Gasteiger partial charge >= 0.3 is 5.97 Å². The molecule has 0 amide bonds. The number of esters is 1. The lowest BCUT2D eigenvalue weighted by Gasteiger charge is -2.09. The van der Waals surface area contributed by atoms with Crippen molar-refractivity contribution < 1.29 is 14.3 Å². The molecule has 0 aliphatic heterocycles. The second kappa shape index (κ2) is 8.78. The number of hydrogen-bond donors (Lipinski definition) is 1. The van der Waals surface area contributed by atoms with Crippen LogP contribution in [0.25, 0.3) is 32.9 Å². The molecule has 0 bridgehead atoms. The summed E-state index contributed by atoms with van der Waals surface area (Å²) in [6.07, 6.45) is 1.89. The number of carbonyl (C=O) groups excluding carboxylic acids is 1. The first-order valence-corrected chi connectivity index (χ1v) is 9.60. The molecule has 150 valence electrons. The second-order valence-corrected chi connectivity index (χ2v) is 6.79. The van der Waals surface area contributed by atoms with E-state index in [9.17, 15) is 4.79 Å². The molecule has 0 spiro atoms. The lowest BCUT2D eigenvalue weighted by atomic mass is 9.97. The SMILES string of the molecule is CCOC(C)=O.COc1ccc2[nH]c(C)c(-c3ccnc4c(C)cccc34)c2c1. The van der Waals surface area contributed by atoms with E-state index in [4.69, 9.17) is 4.74 Å². The van der Waals surface area contributed by atoms with E-state index in [1.165, 1.54) is 34.4 Å². The van der Waals surface area contributed by atoms with Gasteiger partial charge in [0, 0.05) is 40.7 Å². The Labute approximate surface area is 170 Å². The molecule has 0 atom stereocenters. The van der Waals surface area contributed by atoms with Crippen molar-refractivity contribution in [3.8, 4) is 16.9 Å². The van der Waals surface area contributed by atoms with E-state index in [0.29, 0.717) is 6.61 Å². The number of nitrogens with one attached hydrogen (secondary N) is 1. The summed E-state index contributed by atoms with van der Waals surface area (Å²) < 4.78 is 9.81. The van der Waals surface area contributed by atoms with Gasteiger partial charge in [-0.3, -0.25) is 9.78 Å². The predicted octanol–water partition coefficient (Wildman–Crippen LogP) is 5.58. The van der Waals surface area contributed by atoms with Crippen molar-refractivity contribution in [1.82, 2.24) is 9.97 Å². The number of carbonyl (C=O) groups is 1. The topological polar surface area (TPSA) is 64.2 Å². The summed E-state index contributed by atoms with van der Waals surface area (Å²) >= 11 is 0. The van der Waals surface area contributed by atoms with Crippen LogP contribution in [0.15, 0.2) is 48.7 Å². The Bertz CT molecular complexity index is 1160. The fraction of sp³-hybridized carbons (Fsp3) is 0.250. The number of hydrogen-bond acceptors (Lipinski definition) is 4. The maximum absolute atomic E-state index is 9.82. The molecule has 5 heteroatoms. The molecule has 5 nitrogen and oxygen atoms in total. The number of H-pyrrole nitrogens is 1. The molecule has 0 unspecified atom stereocenters. The molecule has 29 heavy (non-hydrogen) atoms. The molecule has 1 N–H and O–H groups in total. The van der Waals surface area contributed by atoms with Crippen molar-refractivity contribution in [3.63, 3.8) is 0 Å². The summed E-state index contributed by atoms with van der Waals surface area (Å²) in [5.74, 6) is 0.657. The number of pyridine rings is 1. The molecule has 0 aliphatic rings. The van der Waals surface area contributed by atoms with Gasteiger partial charge in [0.05, 0.1) is 19.2 Å². The monoisotopic (exact) mass is 390 g/mol. The van der Waals surface area contributed by atoms with Gasteiger partial charge < -0.3 is 14.5 Å². The number of methoxy groups -OCH3 is 1. The van der Waals surface area contributed by atoms with Crippen molar-refractivity contribution in [2.45, 2.75) is 27.7 Å². The molecule has 0 radical (unpaired) electrons. The minimum atomic E-state index is -0.211. The van der Waals surface area contributed by atoms with Gasteiger partial charge in [-0.1, -0.05) is 18.2 Å². The molecule has 4 rings (SSSR count). The van der Waals surface area contributed by atoms with E-state index in [1.807, 2.05) is 12.3 Å². The van der Waals surface area contributed by atoms with Crippen LogP contribution in [-0.4, -0.2) is 29.7 Å². The normalized spacial score (nSPS) is 10.5. The number of aromatic nitrogens is 2. The number of para-hydroxylation sites is 1. The molecule has 0 aliphatic carbocycles. The number of benzene rings is 2. The summed E-state index contributed by atoms with van der Waals surface area (Å²) in [6, 6.07) is 14.6. The predicted molar refractivity (Wildman–Crippen MR) is 117 cm³/mol. The van der Waals surface area contributed by atoms with Crippen molar-refractivity contribution in [2.75, 3.05) is 13.7 Å². The van der Waals surface area contributed by atoms with Crippen LogP contribution in [0.2, 0.25) is 0 Å². The minimum Gasteiger partial charge on any atom is -0.497 e. The van der Waals surface area contributed by atoms with Gasteiger partial charge in [-0.05, 0) is 56.2 Å². The van der Waals surface area contributed by atoms with Gasteiger partial charge in [0.15, 0.2) is 0 Å². The van der Waals surface area contributed by atoms with Crippen molar-refractivity contribution in [2.24, 2.45) is 0 Å². The smallest absolute Gasteiger partial charge is 0.302 e. The second-order valence-electron chi connectivity index (χ2n) is 6.79. The van der Waals surface area contributed by atoms with Crippen LogP contribution in [0.3, 0.4) is 0 Å². The highest BCUT2D eigenvalue weighted by atomic mass is 16.5. The lowest BCUT2D eigenvalue weighted by Crippen LogP contribution is -1.95. The average Bonchev–Trinajstić information content (AvgIpc) is 3.03. The van der Waals surface area contributed by atoms with E-state index in [2.05, 4.69) is 65.0 Å². The summed E-state index contributed by atoms with van der Waals surface area (Å²) in [5.41, 5.74) is 6.95. The van der Waals surface area contributed by atoms with Gasteiger partial charge in [0.1, 0.15) is 5.75 Å². The van der Waals surface area contributed by atoms with E-state index >= 15 is 0 Å². The van der Waals surface area contributed by atoms with Gasteiger partial charge in [0.25, 0.3) is 0 Å². The quantitative estimate of drug-likeness (QED) is 0.464. The number of nitrogens with zero attached hydrogens (tertiary/aromatic N) is 1. The molecule has 2 heterocycles. The van der Waals surface area contributed by atoms with Gasteiger partial charge in [-0.15, -0.1) is 0 Å². The maximum atomic E-state index is 9.82. The highest BCUT2D eigenvalue weighted by Crippen LogP contribution is 2.37. The van der Waals surface area contributed by atoms with Crippen LogP contribution in [0.5, 0.6) is 5.75 Å². The standard InChI is InChI=1S/C20H18N2O.C4H8O2/c1-12-5-4-6-16-15(9-10-21-20(12)16)19-13(2)22-18-8-7-14(23-3)11-17(18)19;1-3-6-4(2)5/h4-11,22H,1-3H3;3H2,1-2H3. The third-order valence-electron chi connectivity index (χ3n) is 4.78. The molecular formula is C24H26N2O3.